The van der Waals surface area contributed by atoms with Crippen LogP contribution in [-0.4, -0.2) is 22.4 Å². The van der Waals surface area contributed by atoms with E-state index >= 15 is 0 Å². The van der Waals surface area contributed by atoms with E-state index in [1.165, 1.54) is 12.8 Å². The Balaban J connectivity index is 2.14. The van der Waals surface area contributed by atoms with Crippen LogP contribution < -0.4 is 0 Å². The topological polar surface area (TPSA) is 40.5 Å². The molecule has 0 aliphatic heterocycles. The monoisotopic (exact) mass is 226 g/mol. The summed E-state index contributed by atoms with van der Waals surface area (Å²) >= 11 is 0. The maximum atomic E-state index is 10.4. The molecule has 2 heteroatoms. The summed E-state index contributed by atoms with van der Waals surface area (Å²) in [7, 11) is 0. The third kappa shape index (κ3) is 2.02. The summed E-state index contributed by atoms with van der Waals surface area (Å²) < 4.78 is 0. The fourth-order valence-electron chi connectivity index (χ4n) is 4.05. The first-order chi connectivity index (χ1) is 7.69. The first-order valence-electron chi connectivity index (χ1n) is 7.05. The molecule has 94 valence electrons. The average molecular weight is 226 g/mol. The summed E-state index contributed by atoms with van der Waals surface area (Å²) in [5.74, 6) is 1.59. The van der Waals surface area contributed by atoms with Gasteiger partial charge in [-0.15, -0.1) is 0 Å². The molecule has 2 nitrogen and oxygen atoms in total. The van der Waals surface area contributed by atoms with Crippen LogP contribution >= 0.6 is 0 Å². The second kappa shape index (κ2) is 5.05. The predicted octanol–water partition coefficient (Wildman–Crippen LogP) is 2.58. The summed E-state index contributed by atoms with van der Waals surface area (Å²) in [6.45, 7) is 4.32. The van der Waals surface area contributed by atoms with Crippen LogP contribution in [0.15, 0.2) is 0 Å². The smallest absolute Gasteiger partial charge is 0.0623 e. The standard InChI is InChI=1S/C14H26O2/c1-3-9-6-5-7-11-8-10(4-2)14(16)12(11)13(9)15/h9-16H,3-8H2,1-2H3/t9-,10+,11?,12?,13?,14?/m0/s1. The molecule has 2 saturated carbocycles. The Hall–Kier alpha value is -0.0800. The molecule has 0 saturated heterocycles. The van der Waals surface area contributed by atoms with Crippen LogP contribution in [0, 0.1) is 23.7 Å². The van der Waals surface area contributed by atoms with Crippen LogP contribution in [0.5, 0.6) is 0 Å². The van der Waals surface area contributed by atoms with Crippen molar-refractivity contribution < 1.29 is 10.2 Å². The van der Waals surface area contributed by atoms with Crippen molar-refractivity contribution in [3.8, 4) is 0 Å². The first-order valence-corrected chi connectivity index (χ1v) is 7.05. The maximum Gasteiger partial charge on any atom is 0.0623 e. The highest BCUT2D eigenvalue weighted by atomic mass is 16.3. The highest BCUT2D eigenvalue weighted by Gasteiger charge is 2.47. The summed E-state index contributed by atoms with van der Waals surface area (Å²) in [6, 6.07) is 0. The molecule has 0 aromatic rings. The molecule has 0 aromatic heterocycles. The zero-order valence-electron chi connectivity index (χ0n) is 10.6. The van der Waals surface area contributed by atoms with Gasteiger partial charge in [0.25, 0.3) is 0 Å². The number of aliphatic hydroxyl groups excluding tert-OH is 2. The van der Waals surface area contributed by atoms with Crippen LogP contribution in [-0.2, 0) is 0 Å². The van der Waals surface area contributed by atoms with E-state index in [1.54, 1.807) is 0 Å². The Kier molecular flexibility index (Phi) is 3.91. The molecule has 2 aliphatic rings. The van der Waals surface area contributed by atoms with Gasteiger partial charge in [0, 0.05) is 5.92 Å². The summed E-state index contributed by atoms with van der Waals surface area (Å²) in [4.78, 5) is 0. The van der Waals surface area contributed by atoms with Crippen molar-refractivity contribution >= 4 is 0 Å². The van der Waals surface area contributed by atoms with E-state index in [1.807, 2.05) is 0 Å². The van der Waals surface area contributed by atoms with Gasteiger partial charge in [0.15, 0.2) is 0 Å². The normalized spacial score (nSPS) is 48.8. The first kappa shape index (κ1) is 12.4. The molecule has 0 bridgehead atoms. The fraction of sp³-hybridized carbons (Fsp3) is 1.00. The highest BCUT2D eigenvalue weighted by molar-refractivity contribution is 4.97. The van der Waals surface area contributed by atoms with E-state index in [2.05, 4.69) is 13.8 Å². The molecule has 0 amide bonds. The lowest BCUT2D eigenvalue weighted by molar-refractivity contribution is -0.0255. The minimum atomic E-state index is -0.260. The molecule has 0 aromatic carbocycles. The zero-order valence-corrected chi connectivity index (χ0v) is 10.6. The second-order valence-electron chi connectivity index (χ2n) is 5.82. The van der Waals surface area contributed by atoms with E-state index in [0.717, 1.165) is 25.7 Å². The molecule has 0 heterocycles. The van der Waals surface area contributed by atoms with Crippen molar-refractivity contribution in [2.24, 2.45) is 23.7 Å². The van der Waals surface area contributed by atoms with Crippen molar-refractivity contribution in [2.75, 3.05) is 0 Å². The molecule has 2 fully saturated rings. The Morgan fingerprint density at radius 3 is 2.19 bits per heavy atom. The lowest BCUT2D eigenvalue weighted by Crippen LogP contribution is -2.37. The lowest BCUT2D eigenvalue weighted by Gasteiger charge is -2.30. The van der Waals surface area contributed by atoms with Crippen LogP contribution in [0.1, 0.15) is 52.4 Å². The molecular weight excluding hydrogens is 200 g/mol. The summed E-state index contributed by atoms with van der Waals surface area (Å²) in [5.41, 5.74) is 0. The number of hydrogen-bond acceptors (Lipinski definition) is 2. The van der Waals surface area contributed by atoms with Crippen LogP contribution in [0.2, 0.25) is 0 Å². The largest absolute Gasteiger partial charge is 0.392 e. The Morgan fingerprint density at radius 1 is 0.938 bits per heavy atom. The minimum absolute atomic E-state index is 0.164. The minimum Gasteiger partial charge on any atom is -0.392 e. The van der Waals surface area contributed by atoms with Crippen molar-refractivity contribution in [3.05, 3.63) is 0 Å². The van der Waals surface area contributed by atoms with Crippen LogP contribution in [0.25, 0.3) is 0 Å². The Bertz CT molecular complexity index is 229. The van der Waals surface area contributed by atoms with Gasteiger partial charge in [0.05, 0.1) is 12.2 Å². The molecule has 16 heavy (non-hydrogen) atoms. The third-order valence-electron chi connectivity index (χ3n) is 5.10. The van der Waals surface area contributed by atoms with Crippen molar-refractivity contribution in [2.45, 2.75) is 64.6 Å². The Labute approximate surface area is 99.1 Å². The van der Waals surface area contributed by atoms with Gasteiger partial charge < -0.3 is 10.2 Å². The zero-order chi connectivity index (χ0) is 11.7. The average Bonchev–Trinajstić information content (AvgIpc) is 2.50. The predicted molar refractivity (Wildman–Crippen MR) is 65.0 cm³/mol. The molecule has 0 spiro atoms. The van der Waals surface area contributed by atoms with Gasteiger partial charge in [-0.25, -0.2) is 0 Å². The highest BCUT2D eigenvalue weighted by Crippen LogP contribution is 2.47. The molecule has 2 N–H and O–H groups in total. The van der Waals surface area contributed by atoms with E-state index in [-0.39, 0.29) is 18.1 Å². The number of rotatable bonds is 2. The lowest BCUT2D eigenvalue weighted by atomic mass is 9.83. The fourth-order valence-corrected chi connectivity index (χ4v) is 4.05. The van der Waals surface area contributed by atoms with Crippen LogP contribution in [0.3, 0.4) is 0 Å². The van der Waals surface area contributed by atoms with Gasteiger partial charge in [0.1, 0.15) is 0 Å². The molecule has 2 aliphatic carbocycles. The van der Waals surface area contributed by atoms with Gasteiger partial charge in [-0.2, -0.15) is 0 Å². The SMILES string of the molecule is CC[C@@H]1CC2CCC[C@H](CC)C(O)C2C1O. The number of fused-ring (bicyclic) bond motifs is 1. The van der Waals surface area contributed by atoms with Gasteiger partial charge >= 0.3 is 0 Å². The summed E-state index contributed by atoms with van der Waals surface area (Å²) in [5, 5.41) is 20.8. The van der Waals surface area contributed by atoms with E-state index < -0.39 is 0 Å². The van der Waals surface area contributed by atoms with Crippen molar-refractivity contribution in [1.82, 2.24) is 0 Å². The Morgan fingerprint density at radius 2 is 1.56 bits per heavy atom. The van der Waals surface area contributed by atoms with Crippen molar-refractivity contribution in [3.63, 3.8) is 0 Å². The summed E-state index contributed by atoms with van der Waals surface area (Å²) in [6.07, 6.45) is 6.32. The molecular formula is C14H26O2. The second-order valence-corrected chi connectivity index (χ2v) is 5.82. The van der Waals surface area contributed by atoms with Crippen molar-refractivity contribution in [1.29, 1.82) is 0 Å². The van der Waals surface area contributed by atoms with E-state index in [4.69, 9.17) is 0 Å². The van der Waals surface area contributed by atoms with E-state index in [9.17, 15) is 10.2 Å². The molecule has 4 unspecified atom stereocenters. The maximum absolute atomic E-state index is 10.4. The van der Waals surface area contributed by atoms with Gasteiger partial charge in [0.2, 0.25) is 0 Å². The third-order valence-corrected chi connectivity index (χ3v) is 5.10. The molecule has 0 radical (unpaired) electrons. The number of aliphatic hydroxyl groups is 2. The quantitative estimate of drug-likeness (QED) is 0.760. The van der Waals surface area contributed by atoms with Gasteiger partial charge in [-0.3, -0.25) is 0 Å². The van der Waals surface area contributed by atoms with Crippen LogP contribution in [0.4, 0.5) is 0 Å². The van der Waals surface area contributed by atoms with Gasteiger partial charge in [-0.1, -0.05) is 33.1 Å². The molecule has 6 atom stereocenters. The van der Waals surface area contributed by atoms with E-state index in [0.29, 0.717) is 17.8 Å². The number of hydrogen-bond donors (Lipinski definition) is 2. The molecule has 2 rings (SSSR count). The van der Waals surface area contributed by atoms with Gasteiger partial charge in [-0.05, 0) is 37.0 Å².